The van der Waals surface area contributed by atoms with Crippen LogP contribution in [0.1, 0.15) is 32.7 Å². The summed E-state index contributed by atoms with van der Waals surface area (Å²) in [5.41, 5.74) is 3.95. The molecule has 0 saturated heterocycles. The summed E-state index contributed by atoms with van der Waals surface area (Å²) in [5, 5.41) is 7.41. The predicted octanol–water partition coefficient (Wildman–Crippen LogP) is 4.46. The average Bonchev–Trinajstić information content (AvgIpc) is 2.93. The van der Waals surface area contributed by atoms with Crippen molar-refractivity contribution in [3.05, 3.63) is 81.4 Å². The van der Waals surface area contributed by atoms with Gasteiger partial charge in [-0.05, 0) is 61.7 Å². The highest BCUT2D eigenvalue weighted by atomic mass is 35.5. The number of nitrogens with one attached hydrogen (secondary N) is 1. The van der Waals surface area contributed by atoms with Gasteiger partial charge in [-0.1, -0.05) is 29.8 Å². The van der Waals surface area contributed by atoms with Crippen LogP contribution in [0.5, 0.6) is 5.75 Å². The zero-order valence-electron chi connectivity index (χ0n) is 16.6. The fraction of sp³-hybridized carbons (Fsp3) is 0.273. The fourth-order valence-electron chi connectivity index (χ4n) is 3.12. The van der Waals surface area contributed by atoms with E-state index in [9.17, 15) is 9.18 Å². The van der Waals surface area contributed by atoms with Crippen molar-refractivity contribution in [2.24, 2.45) is 0 Å². The molecule has 0 bridgehead atoms. The van der Waals surface area contributed by atoms with Gasteiger partial charge in [-0.2, -0.15) is 5.10 Å². The largest absolute Gasteiger partial charge is 0.492 e. The van der Waals surface area contributed by atoms with Crippen molar-refractivity contribution in [1.29, 1.82) is 0 Å². The number of benzene rings is 2. The molecule has 0 spiro atoms. The van der Waals surface area contributed by atoms with Crippen molar-refractivity contribution in [3.8, 4) is 5.75 Å². The van der Waals surface area contributed by atoms with Crippen molar-refractivity contribution in [2.45, 2.75) is 27.3 Å². The summed E-state index contributed by atoms with van der Waals surface area (Å²) in [6.07, 6.45) is 0. The molecule has 1 amide bonds. The maximum absolute atomic E-state index is 13.1. The SMILES string of the molecule is Cc1cc(C)cc(OCCNC(=O)c2c(C)nn(Cc3ccc(F)cc3)c2Cl)c1. The zero-order chi connectivity index (χ0) is 21.0. The van der Waals surface area contributed by atoms with Gasteiger partial charge in [-0.15, -0.1) is 0 Å². The minimum absolute atomic E-state index is 0.250. The van der Waals surface area contributed by atoms with Crippen molar-refractivity contribution in [2.75, 3.05) is 13.2 Å². The smallest absolute Gasteiger partial charge is 0.256 e. The summed E-state index contributed by atoms with van der Waals surface area (Å²) >= 11 is 6.38. The van der Waals surface area contributed by atoms with Crippen molar-refractivity contribution < 1.29 is 13.9 Å². The molecule has 1 N–H and O–H groups in total. The summed E-state index contributed by atoms with van der Waals surface area (Å²) in [6.45, 7) is 6.78. The Bertz CT molecular complexity index is 995. The van der Waals surface area contributed by atoms with Gasteiger partial charge in [0, 0.05) is 0 Å². The van der Waals surface area contributed by atoms with Crippen LogP contribution in [-0.2, 0) is 6.54 Å². The molecule has 1 aromatic heterocycles. The van der Waals surface area contributed by atoms with Crippen molar-refractivity contribution in [3.63, 3.8) is 0 Å². The Hall–Kier alpha value is -2.86. The number of hydrogen-bond donors (Lipinski definition) is 1. The number of carbonyl (C=O) groups is 1. The van der Waals surface area contributed by atoms with Crippen LogP contribution in [-0.4, -0.2) is 28.8 Å². The number of hydrogen-bond acceptors (Lipinski definition) is 3. The number of aromatic nitrogens is 2. The van der Waals surface area contributed by atoms with E-state index in [1.54, 1.807) is 19.1 Å². The van der Waals surface area contributed by atoms with Gasteiger partial charge in [0.2, 0.25) is 0 Å². The molecule has 0 unspecified atom stereocenters. The lowest BCUT2D eigenvalue weighted by Crippen LogP contribution is -2.28. The Morgan fingerprint density at radius 3 is 2.45 bits per heavy atom. The zero-order valence-corrected chi connectivity index (χ0v) is 17.4. The molecule has 0 atom stereocenters. The first-order chi connectivity index (χ1) is 13.8. The third-order valence-electron chi connectivity index (χ3n) is 4.39. The highest BCUT2D eigenvalue weighted by Crippen LogP contribution is 2.21. The Morgan fingerprint density at radius 2 is 1.79 bits per heavy atom. The molecule has 0 fully saturated rings. The van der Waals surface area contributed by atoms with Crippen LogP contribution in [0.25, 0.3) is 0 Å². The first kappa shape index (κ1) is 20.9. The molecule has 3 rings (SSSR count). The molecule has 2 aromatic carbocycles. The molecule has 152 valence electrons. The molecule has 0 aliphatic carbocycles. The first-order valence-electron chi connectivity index (χ1n) is 9.30. The molecule has 7 heteroatoms. The quantitative estimate of drug-likeness (QED) is 0.580. The number of aryl methyl sites for hydroxylation is 3. The van der Waals surface area contributed by atoms with Crippen molar-refractivity contribution >= 4 is 17.5 Å². The van der Waals surface area contributed by atoms with E-state index in [4.69, 9.17) is 16.3 Å². The van der Waals surface area contributed by atoms with E-state index < -0.39 is 0 Å². The van der Waals surface area contributed by atoms with Gasteiger partial charge in [0.05, 0.1) is 24.3 Å². The molecule has 0 radical (unpaired) electrons. The maximum atomic E-state index is 13.1. The predicted molar refractivity (Wildman–Crippen MR) is 111 cm³/mol. The Morgan fingerprint density at radius 1 is 1.14 bits per heavy atom. The molecule has 0 aliphatic heterocycles. The third-order valence-corrected chi connectivity index (χ3v) is 4.77. The maximum Gasteiger partial charge on any atom is 0.256 e. The normalized spacial score (nSPS) is 10.8. The summed E-state index contributed by atoms with van der Waals surface area (Å²) in [4.78, 5) is 12.6. The van der Waals surface area contributed by atoms with Crippen molar-refractivity contribution in [1.82, 2.24) is 15.1 Å². The van der Waals surface area contributed by atoms with Crippen LogP contribution in [0.3, 0.4) is 0 Å². The highest BCUT2D eigenvalue weighted by molar-refractivity contribution is 6.33. The summed E-state index contributed by atoms with van der Waals surface area (Å²) in [5.74, 6) is 0.166. The molecule has 3 aromatic rings. The van der Waals surface area contributed by atoms with Gasteiger partial charge < -0.3 is 10.1 Å². The minimum atomic E-state index is -0.306. The number of rotatable bonds is 7. The number of carbonyl (C=O) groups excluding carboxylic acids is 1. The summed E-state index contributed by atoms with van der Waals surface area (Å²) < 4.78 is 20.3. The van der Waals surface area contributed by atoms with E-state index in [1.807, 2.05) is 26.0 Å². The van der Waals surface area contributed by atoms with Gasteiger partial charge in [-0.3, -0.25) is 4.79 Å². The summed E-state index contributed by atoms with van der Waals surface area (Å²) in [7, 11) is 0. The molecule has 0 saturated carbocycles. The number of halogens is 2. The Labute approximate surface area is 174 Å². The fourth-order valence-corrected chi connectivity index (χ4v) is 3.44. The van der Waals surface area contributed by atoms with Gasteiger partial charge >= 0.3 is 0 Å². The van der Waals surface area contributed by atoms with Crippen LogP contribution in [0.2, 0.25) is 5.15 Å². The van der Waals surface area contributed by atoms with E-state index in [0.717, 1.165) is 22.4 Å². The lowest BCUT2D eigenvalue weighted by Gasteiger charge is -2.09. The average molecular weight is 416 g/mol. The lowest BCUT2D eigenvalue weighted by molar-refractivity contribution is 0.0946. The van der Waals surface area contributed by atoms with Crippen LogP contribution < -0.4 is 10.1 Å². The summed E-state index contributed by atoms with van der Waals surface area (Å²) in [6, 6.07) is 12.1. The second-order valence-corrected chi connectivity index (χ2v) is 7.32. The van der Waals surface area contributed by atoms with Gasteiger partial charge in [-0.25, -0.2) is 9.07 Å². The monoisotopic (exact) mass is 415 g/mol. The third kappa shape index (κ3) is 5.35. The van der Waals surface area contributed by atoms with E-state index in [1.165, 1.54) is 16.8 Å². The minimum Gasteiger partial charge on any atom is -0.492 e. The Kier molecular flexibility index (Phi) is 6.54. The molecule has 29 heavy (non-hydrogen) atoms. The first-order valence-corrected chi connectivity index (χ1v) is 9.68. The van der Waals surface area contributed by atoms with E-state index in [-0.39, 0.29) is 16.9 Å². The number of nitrogens with zero attached hydrogens (tertiary/aromatic N) is 2. The topological polar surface area (TPSA) is 56.1 Å². The Balaban J connectivity index is 1.59. The number of ether oxygens (including phenoxy) is 1. The molecule has 5 nitrogen and oxygen atoms in total. The van der Waals surface area contributed by atoms with Crippen LogP contribution >= 0.6 is 11.6 Å². The van der Waals surface area contributed by atoms with Crippen LogP contribution in [0.15, 0.2) is 42.5 Å². The van der Waals surface area contributed by atoms with Crippen LogP contribution in [0.4, 0.5) is 4.39 Å². The molecule has 1 heterocycles. The van der Waals surface area contributed by atoms with Gasteiger partial charge in [0.15, 0.2) is 0 Å². The van der Waals surface area contributed by atoms with Gasteiger partial charge in [0.1, 0.15) is 23.3 Å². The standard InChI is InChI=1S/C22H23ClFN3O2/c1-14-10-15(2)12-19(11-14)29-9-8-25-22(28)20-16(3)26-27(21(20)23)13-17-4-6-18(24)7-5-17/h4-7,10-12H,8-9,13H2,1-3H3,(H,25,28). The molecular formula is C22H23ClFN3O2. The molecule has 0 aliphatic rings. The van der Waals surface area contributed by atoms with E-state index >= 15 is 0 Å². The highest BCUT2D eigenvalue weighted by Gasteiger charge is 2.20. The second-order valence-electron chi connectivity index (χ2n) is 6.96. The van der Waals surface area contributed by atoms with Crippen LogP contribution in [0, 0.1) is 26.6 Å². The second kappa shape index (κ2) is 9.09. The van der Waals surface area contributed by atoms with E-state index in [0.29, 0.717) is 31.0 Å². The van der Waals surface area contributed by atoms with E-state index in [2.05, 4.69) is 16.5 Å². The number of amides is 1. The van der Waals surface area contributed by atoms with Gasteiger partial charge in [0.25, 0.3) is 5.91 Å². The molecular weight excluding hydrogens is 393 g/mol. The lowest BCUT2D eigenvalue weighted by atomic mass is 10.1.